The molecule has 0 spiro atoms. The summed E-state index contributed by atoms with van der Waals surface area (Å²) in [6, 6.07) is -0.114. The molecular weight excluding hydrogens is 198 g/mol. The lowest BCUT2D eigenvalue weighted by atomic mass is 10.0. The molecule has 0 heterocycles. The van der Waals surface area contributed by atoms with Gasteiger partial charge in [0.15, 0.2) is 0 Å². The molecule has 2 nitrogen and oxygen atoms in total. The molecule has 0 aliphatic carbocycles. The molecule has 3 heteroatoms. The first kappa shape index (κ1) is 13.9. The van der Waals surface area contributed by atoms with Crippen LogP contribution >= 0.6 is 11.6 Å². The molecule has 14 heavy (non-hydrogen) atoms. The van der Waals surface area contributed by atoms with E-state index in [9.17, 15) is 4.79 Å². The van der Waals surface area contributed by atoms with Gasteiger partial charge in [-0.25, -0.2) is 0 Å². The second-order valence-electron chi connectivity index (χ2n) is 4.03. The molecule has 0 radical (unpaired) electrons. The fraction of sp³-hybridized carbons (Fsp3) is 0.909. The van der Waals surface area contributed by atoms with Gasteiger partial charge in [-0.1, -0.05) is 27.7 Å². The fourth-order valence-corrected chi connectivity index (χ4v) is 2.18. The van der Waals surface area contributed by atoms with Crippen LogP contribution < -0.4 is 0 Å². The van der Waals surface area contributed by atoms with Crippen LogP contribution in [0.5, 0.6) is 0 Å². The van der Waals surface area contributed by atoms with Gasteiger partial charge in [0.2, 0.25) is 5.24 Å². The van der Waals surface area contributed by atoms with Gasteiger partial charge in [0.1, 0.15) is 0 Å². The van der Waals surface area contributed by atoms with Crippen LogP contribution in [0.2, 0.25) is 0 Å². The number of nitrogens with zero attached hydrogens (tertiary/aromatic N) is 1. The van der Waals surface area contributed by atoms with Gasteiger partial charge in [-0.05, 0) is 43.5 Å². The van der Waals surface area contributed by atoms with Crippen LogP contribution in [-0.2, 0) is 4.79 Å². The van der Waals surface area contributed by atoms with E-state index in [-0.39, 0.29) is 17.2 Å². The third-order valence-corrected chi connectivity index (χ3v) is 2.50. The van der Waals surface area contributed by atoms with Crippen LogP contribution in [0.3, 0.4) is 0 Å². The largest absolute Gasteiger partial charge is 0.292 e. The minimum atomic E-state index is -0.220. The average Bonchev–Trinajstić information content (AvgIpc) is 2.03. The van der Waals surface area contributed by atoms with Crippen molar-refractivity contribution in [3.05, 3.63) is 0 Å². The van der Waals surface area contributed by atoms with E-state index in [0.29, 0.717) is 0 Å². The number of halogens is 1. The van der Waals surface area contributed by atoms with Gasteiger partial charge in [0, 0.05) is 0 Å². The maximum absolute atomic E-state index is 11.3. The molecule has 0 saturated carbocycles. The minimum Gasteiger partial charge on any atom is -0.292 e. The second kappa shape index (κ2) is 7.24. The lowest BCUT2D eigenvalue weighted by molar-refractivity contribution is -0.118. The fourth-order valence-electron chi connectivity index (χ4n) is 1.79. The summed E-state index contributed by atoms with van der Waals surface area (Å²) in [6.45, 7) is 10.2. The quantitative estimate of drug-likeness (QED) is 0.614. The SMILES string of the molecule is CCCN(CCC)C(C(=O)Cl)C(C)C. The van der Waals surface area contributed by atoms with Crippen LogP contribution in [-0.4, -0.2) is 29.3 Å². The summed E-state index contributed by atoms with van der Waals surface area (Å²) in [5.41, 5.74) is 0. The summed E-state index contributed by atoms with van der Waals surface area (Å²) in [5.74, 6) is 0.290. The maximum Gasteiger partial charge on any atom is 0.239 e. The second-order valence-corrected chi connectivity index (χ2v) is 4.40. The highest BCUT2D eigenvalue weighted by Gasteiger charge is 2.26. The Hall–Kier alpha value is -0.0800. The van der Waals surface area contributed by atoms with Gasteiger partial charge < -0.3 is 0 Å². The van der Waals surface area contributed by atoms with E-state index in [2.05, 4.69) is 18.7 Å². The van der Waals surface area contributed by atoms with Gasteiger partial charge in [0.05, 0.1) is 6.04 Å². The molecule has 1 unspecified atom stereocenters. The molecule has 0 aliphatic heterocycles. The van der Waals surface area contributed by atoms with E-state index in [4.69, 9.17) is 11.6 Å². The van der Waals surface area contributed by atoms with E-state index in [1.54, 1.807) is 0 Å². The third kappa shape index (κ3) is 4.43. The highest BCUT2D eigenvalue weighted by Crippen LogP contribution is 2.14. The molecule has 0 fully saturated rings. The summed E-state index contributed by atoms with van der Waals surface area (Å²) in [4.78, 5) is 13.5. The van der Waals surface area contributed by atoms with Crippen LogP contribution in [0.15, 0.2) is 0 Å². The zero-order valence-corrected chi connectivity index (χ0v) is 10.5. The molecule has 0 aromatic carbocycles. The highest BCUT2D eigenvalue weighted by molar-refractivity contribution is 6.64. The van der Waals surface area contributed by atoms with Crippen molar-refractivity contribution in [1.82, 2.24) is 4.90 Å². The Labute approximate surface area is 92.6 Å². The molecule has 0 bridgehead atoms. The predicted molar refractivity (Wildman–Crippen MR) is 61.6 cm³/mol. The van der Waals surface area contributed by atoms with Crippen molar-refractivity contribution in [1.29, 1.82) is 0 Å². The Bertz CT molecular complexity index is 165. The minimum absolute atomic E-state index is 0.114. The first-order valence-electron chi connectivity index (χ1n) is 5.47. The summed E-state index contributed by atoms with van der Waals surface area (Å²) in [5, 5.41) is -0.220. The Morgan fingerprint density at radius 1 is 1.21 bits per heavy atom. The average molecular weight is 220 g/mol. The van der Waals surface area contributed by atoms with Gasteiger partial charge in [-0.3, -0.25) is 9.69 Å². The molecule has 0 rings (SSSR count). The lowest BCUT2D eigenvalue weighted by Crippen LogP contribution is -2.43. The molecule has 0 saturated heterocycles. The van der Waals surface area contributed by atoms with Crippen molar-refractivity contribution < 1.29 is 4.79 Å². The Morgan fingerprint density at radius 2 is 1.64 bits per heavy atom. The van der Waals surface area contributed by atoms with E-state index >= 15 is 0 Å². The van der Waals surface area contributed by atoms with Gasteiger partial charge in [0.25, 0.3) is 0 Å². The van der Waals surface area contributed by atoms with Crippen molar-refractivity contribution in [2.75, 3.05) is 13.1 Å². The van der Waals surface area contributed by atoms with Crippen LogP contribution in [0, 0.1) is 5.92 Å². The first-order chi connectivity index (χ1) is 6.54. The van der Waals surface area contributed by atoms with Crippen molar-refractivity contribution in [3.8, 4) is 0 Å². The Morgan fingerprint density at radius 3 is 1.86 bits per heavy atom. The molecule has 0 aromatic rings. The molecule has 84 valence electrons. The lowest BCUT2D eigenvalue weighted by Gasteiger charge is -2.31. The first-order valence-corrected chi connectivity index (χ1v) is 5.85. The molecular formula is C11H22ClNO. The number of carbonyl (C=O) groups excluding carboxylic acids is 1. The number of carbonyl (C=O) groups is 1. The van der Waals surface area contributed by atoms with E-state index in [0.717, 1.165) is 25.9 Å². The highest BCUT2D eigenvalue weighted by atomic mass is 35.5. The molecule has 0 N–H and O–H groups in total. The van der Waals surface area contributed by atoms with Crippen molar-refractivity contribution in [3.63, 3.8) is 0 Å². The van der Waals surface area contributed by atoms with Gasteiger partial charge in [-0.15, -0.1) is 0 Å². The smallest absolute Gasteiger partial charge is 0.239 e. The topological polar surface area (TPSA) is 20.3 Å². The van der Waals surface area contributed by atoms with E-state index < -0.39 is 0 Å². The maximum atomic E-state index is 11.3. The molecule has 0 aliphatic rings. The van der Waals surface area contributed by atoms with Crippen molar-refractivity contribution in [2.24, 2.45) is 5.92 Å². The van der Waals surface area contributed by atoms with Crippen molar-refractivity contribution >= 4 is 16.8 Å². The number of hydrogen-bond donors (Lipinski definition) is 0. The van der Waals surface area contributed by atoms with Crippen LogP contribution in [0.25, 0.3) is 0 Å². The molecule has 0 amide bonds. The Kier molecular flexibility index (Phi) is 7.20. The summed E-state index contributed by atoms with van der Waals surface area (Å²) in [6.07, 6.45) is 2.13. The standard InChI is InChI=1S/C11H22ClNO/c1-5-7-13(8-6-2)10(9(3)4)11(12)14/h9-10H,5-8H2,1-4H3. The monoisotopic (exact) mass is 219 g/mol. The number of rotatable bonds is 7. The number of hydrogen-bond acceptors (Lipinski definition) is 2. The predicted octanol–water partition coefficient (Wildman–Crippen LogP) is 2.90. The Balaban J connectivity index is 4.46. The zero-order chi connectivity index (χ0) is 11.1. The molecule has 0 aromatic heterocycles. The van der Waals surface area contributed by atoms with Crippen LogP contribution in [0.4, 0.5) is 0 Å². The zero-order valence-electron chi connectivity index (χ0n) is 9.72. The van der Waals surface area contributed by atoms with Crippen molar-refractivity contribution in [2.45, 2.75) is 46.6 Å². The van der Waals surface area contributed by atoms with Gasteiger partial charge >= 0.3 is 0 Å². The normalized spacial score (nSPS) is 13.6. The van der Waals surface area contributed by atoms with Crippen LogP contribution in [0.1, 0.15) is 40.5 Å². The van der Waals surface area contributed by atoms with E-state index in [1.165, 1.54) is 0 Å². The van der Waals surface area contributed by atoms with Gasteiger partial charge in [-0.2, -0.15) is 0 Å². The third-order valence-electron chi connectivity index (χ3n) is 2.28. The van der Waals surface area contributed by atoms with E-state index in [1.807, 2.05) is 13.8 Å². The summed E-state index contributed by atoms with van der Waals surface area (Å²) in [7, 11) is 0. The summed E-state index contributed by atoms with van der Waals surface area (Å²) < 4.78 is 0. The summed E-state index contributed by atoms with van der Waals surface area (Å²) >= 11 is 5.62. The molecule has 1 atom stereocenters.